The van der Waals surface area contributed by atoms with Gasteiger partial charge in [0.1, 0.15) is 6.04 Å². The molecule has 2 atom stereocenters. The second-order valence-electron chi connectivity index (χ2n) is 3.95. The summed E-state index contributed by atoms with van der Waals surface area (Å²) >= 11 is 0. The summed E-state index contributed by atoms with van der Waals surface area (Å²) < 4.78 is 0. The number of hydrogen-bond donors (Lipinski definition) is 1. The van der Waals surface area contributed by atoms with Crippen molar-refractivity contribution in [1.29, 1.82) is 0 Å². The Morgan fingerprint density at radius 3 is 2.47 bits per heavy atom. The van der Waals surface area contributed by atoms with Gasteiger partial charge in [-0.15, -0.1) is 0 Å². The summed E-state index contributed by atoms with van der Waals surface area (Å²) in [6.45, 7) is 3.97. The number of carbonyl (C=O) groups is 1. The molecule has 2 N–H and O–H groups in total. The predicted octanol–water partition coefficient (Wildman–Crippen LogP) is -0.160. The lowest BCUT2D eigenvalue weighted by Crippen LogP contribution is -2.90. The molecular formula is C12H17NO2. The Morgan fingerprint density at radius 1 is 1.33 bits per heavy atom. The molecule has 1 rings (SSSR count). The van der Waals surface area contributed by atoms with Crippen molar-refractivity contribution in [2.75, 3.05) is 0 Å². The van der Waals surface area contributed by atoms with E-state index in [4.69, 9.17) is 0 Å². The van der Waals surface area contributed by atoms with Crippen molar-refractivity contribution in [3.8, 4) is 0 Å². The maximum absolute atomic E-state index is 10.4. The molecule has 3 nitrogen and oxygen atoms in total. The first-order chi connectivity index (χ1) is 7.09. The van der Waals surface area contributed by atoms with Crippen LogP contribution in [-0.4, -0.2) is 12.0 Å². The number of hydrogen-bond acceptors (Lipinski definition) is 2. The van der Waals surface area contributed by atoms with Gasteiger partial charge in [0.15, 0.2) is 0 Å². The first-order valence-electron chi connectivity index (χ1n) is 5.19. The van der Waals surface area contributed by atoms with E-state index < -0.39 is 5.97 Å². The highest BCUT2D eigenvalue weighted by Gasteiger charge is 2.12. The third kappa shape index (κ3) is 4.13. The summed E-state index contributed by atoms with van der Waals surface area (Å²) in [6, 6.07) is 10.4. The third-order valence-electron chi connectivity index (χ3n) is 2.43. The minimum Gasteiger partial charge on any atom is -0.550 e. The van der Waals surface area contributed by atoms with Crippen molar-refractivity contribution in [3.05, 3.63) is 35.9 Å². The smallest absolute Gasteiger partial charge is 0.109 e. The van der Waals surface area contributed by atoms with Crippen LogP contribution in [0.1, 0.15) is 31.9 Å². The number of quaternary nitrogens is 1. The molecule has 3 heteroatoms. The van der Waals surface area contributed by atoms with Gasteiger partial charge in [-0.25, -0.2) is 0 Å². The molecular weight excluding hydrogens is 190 g/mol. The topological polar surface area (TPSA) is 56.7 Å². The van der Waals surface area contributed by atoms with Crippen LogP contribution in [0, 0.1) is 0 Å². The summed E-state index contributed by atoms with van der Waals surface area (Å²) in [5, 5.41) is 12.4. The molecule has 0 bridgehead atoms. The fourth-order valence-corrected chi connectivity index (χ4v) is 1.69. The number of nitrogens with two attached hydrogens (primary N) is 1. The van der Waals surface area contributed by atoms with Crippen LogP contribution in [0.5, 0.6) is 0 Å². The van der Waals surface area contributed by atoms with Crippen LogP contribution in [0.25, 0.3) is 0 Å². The second-order valence-corrected chi connectivity index (χ2v) is 3.95. The minimum atomic E-state index is -0.987. The Labute approximate surface area is 90.1 Å². The Bertz CT molecular complexity index is 311. The Balaban J connectivity index is 2.49. The van der Waals surface area contributed by atoms with Crippen LogP contribution in [-0.2, 0) is 4.79 Å². The standard InChI is InChI=1S/C12H17NO2/c1-9(8-12(14)15)13-10(2)11-6-4-3-5-7-11/h3-7,9-10,13H,8H2,1-2H3,(H,14,15)/t9-,10-/m1/s1. The molecule has 0 aromatic heterocycles. The van der Waals surface area contributed by atoms with Crippen molar-refractivity contribution in [3.63, 3.8) is 0 Å². The van der Waals surface area contributed by atoms with E-state index in [-0.39, 0.29) is 18.5 Å². The Hall–Kier alpha value is -1.35. The van der Waals surface area contributed by atoms with E-state index in [1.54, 1.807) is 0 Å². The van der Waals surface area contributed by atoms with Gasteiger partial charge in [0.05, 0.1) is 6.04 Å². The zero-order valence-electron chi connectivity index (χ0n) is 9.14. The lowest BCUT2D eigenvalue weighted by atomic mass is 10.1. The molecule has 0 aliphatic carbocycles. The maximum Gasteiger partial charge on any atom is 0.109 e. The number of aliphatic carboxylic acids is 1. The van der Waals surface area contributed by atoms with E-state index in [0.717, 1.165) is 0 Å². The number of rotatable bonds is 5. The molecule has 15 heavy (non-hydrogen) atoms. The molecule has 0 aliphatic heterocycles. The maximum atomic E-state index is 10.4. The number of carboxylic acid groups (broad SMARTS) is 1. The Kier molecular flexibility index (Phi) is 4.31. The highest BCUT2D eigenvalue weighted by Crippen LogP contribution is 2.06. The van der Waals surface area contributed by atoms with E-state index in [1.807, 2.05) is 42.6 Å². The van der Waals surface area contributed by atoms with Crippen LogP contribution >= 0.6 is 0 Å². The van der Waals surface area contributed by atoms with Crippen LogP contribution in [0.2, 0.25) is 0 Å². The molecule has 1 aromatic carbocycles. The normalized spacial score (nSPS) is 14.5. The summed E-state index contributed by atoms with van der Waals surface area (Å²) in [4.78, 5) is 10.4. The quantitative estimate of drug-likeness (QED) is 0.729. The summed E-state index contributed by atoms with van der Waals surface area (Å²) in [5.41, 5.74) is 1.21. The molecule has 0 heterocycles. The SMILES string of the molecule is C[C@H](CC(=O)[O-])[NH2+][C@H](C)c1ccccc1. The highest BCUT2D eigenvalue weighted by atomic mass is 16.4. The summed E-state index contributed by atoms with van der Waals surface area (Å²) in [7, 11) is 0. The zero-order chi connectivity index (χ0) is 11.3. The monoisotopic (exact) mass is 207 g/mol. The lowest BCUT2D eigenvalue weighted by Gasteiger charge is -2.17. The van der Waals surface area contributed by atoms with Crippen LogP contribution in [0.15, 0.2) is 30.3 Å². The molecule has 82 valence electrons. The third-order valence-corrected chi connectivity index (χ3v) is 2.43. The van der Waals surface area contributed by atoms with Gasteiger partial charge in [-0.1, -0.05) is 30.3 Å². The molecule has 0 radical (unpaired) electrons. The Morgan fingerprint density at radius 2 is 1.93 bits per heavy atom. The van der Waals surface area contributed by atoms with E-state index in [1.165, 1.54) is 5.56 Å². The molecule has 0 fully saturated rings. The zero-order valence-corrected chi connectivity index (χ0v) is 9.14. The van der Waals surface area contributed by atoms with Gasteiger partial charge in [-0.3, -0.25) is 0 Å². The van der Waals surface area contributed by atoms with Gasteiger partial charge in [-0.05, 0) is 13.8 Å². The highest BCUT2D eigenvalue weighted by molar-refractivity contribution is 5.64. The summed E-state index contributed by atoms with van der Waals surface area (Å²) in [6.07, 6.45) is 0.0944. The first kappa shape index (κ1) is 11.7. The van der Waals surface area contributed by atoms with Crippen molar-refractivity contribution in [2.45, 2.75) is 32.4 Å². The molecule has 0 spiro atoms. The van der Waals surface area contributed by atoms with Crippen molar-refractivity contribution in [2.24, 2.45) is 0 Å². The largest absolute Gasteiger partial charge is 0.550 e. The lowest BCUT2D eigenvalue weighted by molar-refractivity contribution is -0.721. The van der Waals surface area contributed by atoms with Gasteiger partial charge in [0.25, 0.3) is 0 Å². The summed E-state index contributed by atoms with van der Waals surface area (Å²) in [5.74, 6) is -0.987. The number of benzene rings is 1. The van der Waals surface area contributed by atoms with E-state index in [2.05, 4.69) is 6.92 Å². The van der Waals surface area contributed by atoms with E-state index >= 15 is 0 Å². The number of carbonyl (C=O) groups excluding carboxylic acids is 1. The molecule has 1 aromatic rings. The van der Waals surface area contributed by atoms with Crippen LogP contribution in [0.4, 0.5) is 0 Å². The predicted molar refractivity (Wildman–Crippen MR) is 55.9 cm³/mol. The molecule has 0 saturated carbocycles. The molecule has 0 amide bonds. The second kappa shape index (κ2) is 5.51. The van der Waals surface area contributed by atoms with Crippen molar-refractivity contribution >= 4 is 5.97 Å². The molecule has 0 saturated heterocycles. The average Bonchev–Trinajstić information content (AvgIpc) is 2.17. The first-order valence-corrected chi connectivity index (χ1v) is 5.19. The van der Waals surface area contributed by atoms with Crippen LogP contribution in [0.3, 0.4) is 0 Å². The number of carboxylic acids is 1. The van der Waals surface area contributed by atoms with Gasteiger partial charge in [0.2, 0.25) is 0 Å². The fourth-order valence-electron chi connectivity index (χ4n) is 1.69. The average molecular weight is 207 g/mol. The van der Waals surface area contributed by atoms with Gasteiger partial charge >= 0.3 is 0 Å². The molecule has 0 unspecified atom stereocenters. The van der Waals surface area contributed by atoms with E-state index in [0.29, 0.717) is 0 Å². The van der Waals surface area contributed by atoms with Crippen LogP contribution < -0.4 is 10.4 Å². The van der Waals surface area contributed by atoms with Crippen molar-refractivity contribution < 1.29 is 15.2 Å². The molecule has 0 aliphatic rings. The van der Waals surface area contributed by atoms with Crippen molar-refractivity contribution in [1.82, 2.24) is 0 Å². The van der Waals surface area contributed by atoms with Gasteiger partial charge < -0.3 is 15.2 Å². The van der Waals surface area contributed by atoms with Gasteiger partial charge in [0, 0.05) is 18.0 Å². The fraction of sp³-hybridized carbons (Fsp3) is 0.417. The van der Waals surface area contributed by atoms with Gasteiger partial charge in [-0.2, -0.15) is 0 Å². The van der Waals surface area contributed by atoms with E-state index in [9.17, 15) is 9.90 Å². The minimum absolute atomic E-state index is 0.0465.